The summed E-state index contributed by atoms with van der Waals surface area (Å²) in [5, 5.41) is 0. The first kappa shape index (κ1) is 9.04. The van der Waals surface area contributed by atoms with Crippen molar-refractivity contribution in [3.63, 3.8) is 0 Å². The van der Waals surface area contributed by atoms with Crippen LogP contribution in [0.2, 0.25) is 0 Å². The molecular weight excluding hydrogens is 190 g/mol. The normalized spacial score (nSPS) is 47.8. The Labute approximate surface area is 81.6 Å². The zero-order valence-electron chi connectivity index (χ0n) is 8.19. The van der Waals surface area contributed by atoms with E-state index in [1.165, 1.54) is 0 Å². The topological polar surface area (TPSA) is 18.5 Å². The van der Waals surface area contributed by atoms with Crippen LogP contribution < -0.4 is 0 Å². The minimum absolute atomic E-state index is 0.359. The van der Waals surface area contributed by atoms with Gasteiger partial charge in [0.2, 0.25) is 0 Å². The van der Waals surface area contributed by atoms with Gasteiger partial charge < -0.3 is 9.47 Å². The second kappa shape index (κ2) is 2.30. The molecule has 1 spiro atoms. The van der Waals surface area contributed by atoms with E-state index in [-0.39, 0.29) is 0 Å². The Morgan fingerprint density at radius 1 is 1.21 bits per heavy atom. The van der Waals surface area contributed by atoms with Crippen LogP contribution in [0.15, 0.2) is 0 Å². The van der Waals surface area contributed by atoms with Crippen LogP contribution in [0.4, 0.5) is 8.78 Å². The van der Waals surface area contributed by atoms with Crippen molar-refractivity contribution in [3.05, 3.63) is 0 Å². The maximum atomic E-state index is 13.4. The van der Waals surface area contributed by atoms with Gasteiger partial charge in [0.25, 0.3) is 5.92 Å². The molecule has 0 aromatic carbocycles. The predicted octanol–water partition coefficient (Wildman–Crippen LogP) is 2.18. The molecule has 80 valence electrons. The number of alkyl halides is 2. The van der Waals surface area contributed by atoms with Crippen LogP contribution in [0.3, 0.4) is 0 Å². The lowest BCUT2D eigenvalue weighted by molar-refractivity contribution is -0.189. The van der Waals surface area contributed by atoms with Crippen LogP contribution in [0.5, 0.6) is 0 Å². The van der Waals surface area contributed by atoms with E-state index in [0.29, 0.717) is 32.5 Å². The Bertz CT molecular complexity index is 273. The fraction of sp³-hybridized carbons (Fsp3) is 1.00. The number of hydrogen-bond donors (Lipinski definition) is 0. The smallest absolute Gasteiger partial charge is 0.257 e. The molecule has 0 bridgehead atoms. The number of hydrogen-bond acceptors (Lipinski definition) is 2. The van der Waals surface area contributed by atoms with Gasteiger partial charge in [-0.3, -0.25) is 0 Å². The third kappa shape index (κ3) is 0.865. The molecule has 1 aliphatic heterocycles. The van der Waals surface area contributed by atoms with Crippen molar-refractivity contribution in [1.29, 1.82) is 0 Å². The van der Waals surface area contributed by atoms with Crippen molar-refractivity contribution in [2.75, 3.05) is 13.2 Å². The van der Waals surface area contributed by atoms with Gasteiger partial charge in [0.15, 0.2) is 5.79 Å². The van der Waals surface area contributed by atoms with Gasteiger partial charge >= 0.3 is 0 Å². The summed E-state index contributed by atoms with van der Waals surface area (Å²) in [7, 11) is 0. The van der Waals surface area contributed by atoms with Gasteiger partial charge in [0.1, 0.15) is 0 Å². The van der Waals surface area contributed by atoms with Crippen LogP contribution >= 0.6 is 0 Å². The predicted molar refractivity (Wildman–Crippen MR) is 45.0 cm³/mol. The second-order valence-electron chi connectivity index (χ2n) is 4.92. The first-order chi connectivity index (χ1) is 6.50. The zero-order chi connectivity index (χ0) is 10.0. The van der Waals surface area contributed by atoms with Gasteiger partial charge in [-0.2, -0.15) is 0 Å². The SMILES string of the molecule is CC12CC3(CCC1C2(F)F)OCCO3. The van der Waals surface area contributed by atoms with Crippen molar-refractivity contribution in [3.8, 4) is 0 Å². The zero-order valence-corrected chi connectivity index (χ0v) is 8.19. The van der Waals surface area contributed by atoms with E-state index >= 15 is 0 Å². The monoisotopic (exact) mass is 204 g/mol. The van der Waals surface area contributed by atoms with Gasteiger partial charge in [-0.25, -0.2) is 8.78 Å². The average Bonchev–Trinajstić information content (AvgIpc) is 2.50. The summed E-state index contributed by atoms with van der Waals surface area (Å²) in [4.78, 5) is 0. The Hall–Kier alpha value is -0.220. The molecule has 3 rings (SSSR count). The highest BCUT2D eigenvalue weighted by atomic mass is 19.3. The fourth-order valence-corrected chi connectivity index (χ4v) is 3.17. The maximum absolute atomic E-state index is 13.4. The standard InChI is InChI=1S/C10H14F2O2/c1-8-6-9(13-4-5-14-9)3-2-7(8)10(8,11)12/h7H,2-6H2,1H3. The summed E-state index contributed by atoms with van der Waals surface area (Å²) in [6.07, 6.45) is 1.52. The summed E-state index contributed by atoms with van der Waals surface area (Å²) in [6, 6.07) is 0. The number of fused-ring (bicyclic) bond motifs is 1. The molecule has 0 amide bonds. The molecule has 2 nitrogen and oxygen atoms in total. The molecule has 14 heavy (non-hydrogen) atoms. The highest BCUT2D eigenvalue weighted by Crippen LogP contribution is 2.73. The van der Waals surface area contributed by atoms with E-state index in [0.717, 1.165) is 0 Å². The lowest BCUT2D eigenvalue weighted by atomic mass is 9.85. The molecule has 2 unspecified atom stereocenters. The Balaban J connectivity index is 1.84. The lowest BCUT2D eigenvalue weighted by Gasteiger charge is -2.33. The van der Waals surface area contributed by atoms with Crippen molar-refractivity contribution < 1.29 is 18.3 Å². The van der Waals surface area contributed by atoms with Gasteiger partial charge in [0.05, 0.1) is 13.2 Å². The Morgan fingerprint density at radius 3 is 2.43 bits per heavy atom. The minimum Gasteiger partial charge on any atom is -0.348 e. The average molecular weight is 204 g/mol. The largest absolute Gasteiger partial charge is 0.348 e. The first-order valence-corrected chi connectivity index (χ1v) is 5.16. The van der Waals surface area contributed by atoms with Crippen LogP contribution in [0.25, 0.3) is 0 Å². The van der Waals surface area contributed by atoms with Crippen molar-refractivity contribution in [2.45, 2.75) is 37.9 Å². The first-order valence-electron chi connectivity index (χ1n) is 5.16. The van der Waals surface area contributed by atoms with Gasteiger partial charge in [-0.15, -0.1) is 0 Å². The quantitative estimate of drug-likeness (QED) is 0.602. The molecule has 2 saturated carbocycles. The third-order valence-corrected chi connectivity index (χ3v) is 4.15. The minimum atomic E-state index is -2.49. The number of rotatable bonds is 0. The molecule has 1 saturated heterocycles. The van der Waals surface area contributed by atoms with E-state index in [1.54, 1.807) is 6.92 Å². The van der Waals surface area contributed by atoms with E-state index < -0.39 is 23.0 Å². The van der Waals surface area contributed by atoms with Crippen molar-refractivity contribution in [2.24, 2.45) is 11.3 Å². The molecule has 0 aromatic rings. The molecule has 3 fully saturated rings. The molecule has 2 aliphatic carbocycles. The summed E-state index contributed by atoms with van der Waals surface area (Å²) in [5.74, 6) is -3.61. The van der Waals surface area contributed by atoms with Crippen LogP contribution in [-0.4, -0.2) is 24.9 Å². The van der Waals surface area contributed by atoms with E-state index in [1.807, 2.05) is 0 Å². The van der Waals surface area contributed by atoms with Gasteiger partial charge in [-0.05, 0) is 6.42 Å². The van der Waals surface area contributed by atoms with Gasteiger partial charge in [-0.1, -0.05) is 6.92 Å². The third-order valence-electron chi connectivity index (χ3n) is 4.15. The van der Waals surface area contributed by atoms with Crippen LogP contribution in [0.1, 0.15) is 26.2 Å². The highest BCUT2D eigenvalue weighted by molar-refractivity contribution is 5.19. The van der Waals surface area contributed by atoms with Crippen molar-refractivity contribution >= 4 is 0 Å². The molecule has 0 N–H and O–H groups in total. The van der Waals surface area contributed by atoms with Crippen molar-refractivity contribution in [1.82, 2.24) is 0 Å². The van der Waals surface area contributed by atoms with Crippen LogP contribution in [-0.2, 0) is 9.47 Å². The summed E-state index contributed by atoms with van der Waals surface area (Å²) in [5.41, 5.74) is -0.865. The number of halogens is 2. The highest BCUT2D eigenvalue weighted by Gasteiger charge is 2.80. The molecule has 0 radical (unpaired) electrons. The van der Waals surface area contributed by atoms with E-state index in [2.05, 4.69) is 0 Å². The number of ether oxygens (including phenoxy) is 2. The molecule has 3 aliphatic rings. The van der Waals surface area contributed by atoms with E-state index in [4.69, 9.17) is 9.47 Å². The summed E-state index contributed by atoms with van der Waals surface area (Å²) >= 11 is 0. The maximum Gasteiger partial charge on any atom is 0.257 e. The molecule has 1 heterocycles. The van der Waals surface area contributed by atoms with Crippen LogP contribution in [0, 0.1) is 11.3 Å². The Morgan fingerprint density at radius 2 is 1.86 bits per heavy atom. The molecular formula is C10H14F2O2. The van der Waals surface area contributed by atoms with E-state index in [9.17, 15) is 8.78 Å². The molecule has 0 aromatic heterocycles. The summed E-state index contributed by atoms with van der Waals surface area (Å²) < 4.78 is 37.8. The Kier molecular flexibility index (Phi) is 1.48. The summed E-state index contributed by atoms with van der Waals surface area (Å²) in [6.45, 7) is 2.75. The molecule has 2 atom stereocenters. The lowest BCUT2D eigenvalue weighted by Crippen LogP contribution is -2.36. The van der Waals surface area contributed by atoms with Gasteiger partial charge in [0, 0.05) is 24.2 Å². The molecule has 4 heteroatoms. The second-order valence-corrected chi connectivity index (χ2v) is 4.92. The fourth-order valence-electron chi connectivity index (χ4n) is 3.17.